The number of guanidine groups is 1. The van der Waals surface area contributed by atoms with E-state index in [0.29, 0.717) is 5.96 Å². The van der Waals surface area contributed by atoms with Gasteiger partial charge in [0, 0.05) is 6.20 Å². The number of nitrogens with zero attached hydrogens (tertiary/aromatic N) is 2. The van der Waals surface area contributed by atoms with Crippen LogP contribution < -0.4 is 11.1 Å². The van der Waals surface area contributed by atoms with Crippen molar-refractivity contribution in [2.45, 2.75) is 18.9 Å². The Morgan fingerprint density at radius 2 is 2.36 bits per heavy atom. The number of rotatable bonds is 0. The van der Waals surface area contributed by atoms with Gasteiger partial charge in [-0.05, 0) is 24.0 Å². The lowest BCUT2D eigenvalue weighted by molar-refractivity contribution is 0.674. The maximum atomic E-state index is 5.63. The van der Waals surface area contributed by atoms with Gasteiger partial charge in [0.25, 0.3) is 0 Å². The van der Waals surface area contributed by atoms with Crippen molar-refractivity contribution >= 4 is 5.96 Å². The molecule has 1 aromatic heterocycles. The number of nitrogens with two attached hydrogens (primary N) is 1. The first-order valence-corrected chi connectivity index (χ1v) is 4.65. The summed E-state index contributed by atoms with van der Waals surface area (Å²) in [7, 11) is 0. The summed E-state index contributed by atoms with van der Waals surface area (Å²) in [4.78, 5) is 4.36. The van der Waals surface area contributed by atoms with E-state index in [-0.39, 0.29) is 6.04 Å². The van der Waals surface area contributed by atoms with E-state index >= 15 is 0 Å². The molecule has 1 aliphatic heterocycles. The average Bonchev–Trinajstić information content (AvgIpc) is 2.65. The minimum atomic E-state index is 0.0579. The van der Waals surface area contributed by atoms with Crippen LogP contribution in [0.15, 0.2) is 23.0 Å². The molecule has 0 aromatic carbocycles. The molecule has 72 valence electrons. The molecule has 14 heavy (non-hydrogen) atoms. The number of fused-ring (bicyclic) bond motifs is 3. The van der Waals surface area contributed by atoms with Crippen LogP contribution in [0, 0.1) is 0 Å². The van der Waals surface area contributed by atoms with Crippen molar-refractivity contribution in [2.75, 3.05) is 0 Å². The molecule has 1 aromatic rings. The van der Waals surface area contributed by atoms with E-state index in [9.17, 15) is 0 Å². The van der Waals surface area contributed by atoms with Crippen molar-refractivity contribution in [1.29, 1.82) is 0 Å². The molecule has 0 amide bonds. The fourth-order valence-corrected chi connectivity index (χ4v) is 2.00. The maximum absolute atomic E-state index is 5.63. The Morgan fingerprint density at radius 1 is 1.43 bits per heavy atom. The normalized spacial score (nSPS) is 24.1. The molecule has 1 atom stereocenters. The Morgan fingerprint density at radius 3 is 3.29 bits per heavy atom. The van der Waals surface area contributed by atoms with Gasteiger partial charge in [0.2, 0.25) is 0 Å². The molecule has 0 spiro atoms. The zero-order valence-electron chi connectivity index (χ0n) is 7.62. The topological polar surface area (TPSA) is 79.1 Å². The van der Waals surface area contributed by atoms with Crippen molar-refractivity contribution in [3.8, 4) is 0 Å². The largest absolute Gasteiger partial charge is 0.370 e. The molecule has 0 saturated heterocycles. The highest BCUT2D eigenvalue weighted by atomic mass is 15.2. The predicted octanol–water partition coefficient (Wildman–Crippen LogP) is 0.199. The second kappa shape index (κ2) is 2.60. The second-order valence-electron chi connectivity index (χ2n) is 3.59. The highest BCUT2D eigenvalue weighted by molar-refractivity contribution is 5.80. The standard InChI is InChI=1S/C9H11N5/c10-9-11-3-5-1-2-6-4-12-14-8(6)7(5)13-9/h3-4,7H,1-2H2,(H,12,14)(H3,10,11,13). The Labute approximate surface area is 81.1 Å². The van der Waals surface area contributed by atoms with Crippen LogP contribution >= 0.6 is 0 Å². The molecule has 1 aliphatic carbocycles. The molecule has 1 unspecified atom stereocenters. The third kappa shape index (κ3) is 0.951. The molecule has 0 radical (unpaired) electrons. The van der Waals surface area contributed by atoms with E-state index in [1.54, 1.807) is 0 Å². The van der Waals surface area contributed by atoms with Crippen molar-refractivity contribution < 1.29 is 0 Å². The number of hydrogen-bond acceptors (Lipinski definition) is 4. The first-order chi connectivity index (χ1) is 6.84. The van der Waals surface area contributed by atoms with Gasteiger partial charge in [0.05, 0.1) is 11.9 Å². The quantitative estimate of drug-likeness (QED) is 0.545. The summed E-state index contributed by atoms with van der Waals surface area (Å²) in [6.45, 7) is 0. The third-order valence-corrected chi connectivity index (χ3v) is 2.73. The highest BCUT2D eigenvalue weighted by Crippen LogP contribution is 2.35. The Hall–Kier alpha value is -1.78. The van der Waals surface area contributed by atoms with Gasteiger partial charge in [-0.1, -0.05) is 0 Å². The molecule has 3 rings (SSSR count). The molecule has 2 heterocycles. The monoisotopic (exact) mass is 189 g/mol. The summed E-state index contributed by atoms with van der Waals surface area (Å²) in [5, 5.41) is 9.97. The van der Waals surface area contributed by atoms with Crippen LogP contribution in [0.3, 0.4) is 0 Å². The zero-order chi connectivity index (χ0) is 9.54. The predicted molar refractivity (Wildman–Crippen MR) is 52.5 cm³/mol. The van der Waals surface area contributed by atoms with E-state index in [2.05, 4.69) is 20.5 Å². The summed E-state index contributed by atoms with van der Waals surface area (Å²) in [6.07, 6.45) is 5.89. The summed E-state index contributed by atoms with van der Waals surface area (Å²) in [5.74, 6) is 0.473. The van der Waals surface area contributed by atoms with Crippen LogP contribution in [-0.2, 0) is 6.42 Å². The first-order valence-electron chi connectivity index (χ1n) is 4.65. The molecular formula is C9H11N5. The molecular weight excluding hydrogens is 178 g/mol. The lowest BCUT2D eigenvalue weighted by atomic mass is 9.89. The van der Waals surface area contributed by atoms with Gasteiger partial charge in [0.15, 0.2) is 5.96 Å². The van der Waals surface area contributed by atoms with E-state index in [1.807, 2.05) is 12.4 Å². The van der Waals surface area contributed by atoms with Gasteiger partial charge in [-0.15, -0.1) is 0 Å². The van der Waals surface area contributed by atoms with Crippen molar-refractivity contribution in [1.82, 2.24) is 15.5 Å². The number of nitrogens with one attached hydrogen (secondary N) is 2. The van der Waals surface area contributed by atoms with Gasteiger partial charge < -0.3 is 11.1 Å². The van der Waals surface area contributed by atoms with Gasteiger partial charge in [-0.25, -0.2) is 4.99 Å². The molecule has 5 nitrogen and oxygen atoms in total. The third-order valence-electron chi connectivity index (χ3n) is 2.73. The second-order valence-corrected chi connectivity index (χ2v) is 3.59. The minimum absolute atomic E-state index is 0.0579. The summed E-state index contributed by atoms with van der Waals surface area (Å²) in [6, 6.07) is 0.0579. The van der Waals surface area contributed by atoms with Crippen LogP contribution in [-0.4, -0.2) is 16.2 Å². The van der Waals surface area contributed by atoms with Crippen molar-refractivity contribution in [2.24, 2.45) is 10.7 Å². The molecule has 0 bridgehead atoms. The van der Waals surface area contributed by atoms with E-state index in [1.165, 1.54) is 11.1 Å². The zero-order valence-corrected chi connectivity index (χ0v) is 7.62. The van der Waals surface area contributed by atoms with Crippen LogP contribution in [0.25, 0.3) is 0 Å². The van der Waals surface area contributed by atoms with Gasteiger partial charge >= 0.3 is 0 Å². The summed E-state index contributed by atoms with van der Waals surface area (Å²) in [5.41, 5.74) is 9.25. The van der Waals surface area contributed by atoms with E-state index < -0.39 is 0 Å². The number of aryl methyl sites for hydroxylation is 1. The number of hydrogen-bond donors (Lipinski definition) is 3. The Bertz CT molecular complexity index is 428. The van der Waals surface area contributed by atoms with Crippen LogP contribution in [0.4, 0.5) is 0 Å². The lowest BCUT2D eigenvalue weighted by Gasteiger charge is -2.25. The Kier molecular flexibility index (Phi) is 1.41. The lowest BCUT2D eigenvalue weighted by Crippen LogP contribution is -2.33. The number of aliphatic imine (C=N–C) groups is 1. The minimum Gasteiger partial charge on any atom is -0.370 e. The Balaban J connectivity index is 2.10. The van der Waals surface area contributed by atoms with Gasteiger partial charge in [-0.3, -0.25) is 5.10 Å². The first kappa shape index (κ1) is 7.61. The van der Waals surface area contributed by atoms with Crippen molar-refractivity contribution in [3.05, 3.63) is 29.2 Å². The molecule has 4 N–H and O–H groups in total. The van der Waals surface area contributed by atoms with Gasteiger partial charge in [-0.2, -0.15) is 5.10 Å². The average molecular weight is 189 g/mol. The van der Waals surface area contributed by atoms with Crippen LogP contribution in [0.1, 0.15) is 23.7 Å². The van der Waals surface area contributed by atoms with Crippen LogP contribution in [0.2, 0.25) is 0 Å². The fraction of sp³-hybridized carbons (Fsp3) is 0.333. The van der Waals surface area contributed by atoms with Crippen LogP contribution in [0.5, 0.6) is 0 Å². The smallest absolute Gasteiger partial charge is 0.193 e. The number of aromatic amines is 1. The molecule has 0 fully saturated rings. The number of aromatic nitrogens is 2. The fourth-order valence-electron chi connectivity index (χ4n) is 2.00. The highest BCUT2D eigenvalue weighted by Gasteiger charge is 2.27. The molecule has 0 saturated carbocycles. The molecule has 5 heteroatoms. The summed E-state index contributed by atoms with van der Waals surface area (Å²) >= 11 is 0. The maximum Gasteiger partial charge on any atom is 0.193 e. The number of H-pyrrole nitrogens is 1. The van der Waals surface area contributed by atoms with E-state index in [0.717, 1.165) is 18.5 Å². The van der Waals surface area contributed by atoms with Crippen molar-refractivity contribution in [3.63, 3.8) is 0 Å². The van der Waals surface area contributed by atoms with Gasteiger partial charge in [0.1, 0.15) is 6.04 Å². The van der Waals surface area contributed by atoms with E-state index in [4.69, 9.17) is 5.73 Å². The molecule has 2 aliphatic rings. The SMILES string of the molecule is NC1=NC2C(=CN1)CCc1cn[nH]c12. The summed E-state index contributed by atoms with van der Waals surface area (Å²) < 4.78 is 0.